The average molecular weight is 413 g/mol. The van der Waals surface area contributed by atoms with Crippen LogP contribution in [0.3, 0.4) is 0 Å². The summed E-state index contributed by atoms with van der Waals surface area (Å²) in [5, 5.41) is 11.5. The number of halogens is 2. The third-order valence-electron chi connectivity index (χ3n) is 2.37. The highest BCUT2D eigenvalue weighted by Crippen LogP contribution is 2.12. The Labute approximate surface area is 138 Å². The fourth-order valence-electron chi connectivity index (χ4n) is 1.69. The van der Waals surface area contributed by atoms with Gasteiger partial charge in [-0.15, -0.1) is 12.4 Å². The van der Waals surface area contributed by atoms with Crippen LogP contribution in [0.1, 0.15) is 13.3 Å². The Morgan fingerprint density at radius 3 is 2.60 bits per heavy atom. The van der Waals surface area contributed by atoms with E-state index >= 15 is 0 Å². The molecule has 112 valence electrons. The van der Waals surface area contributed by atoms with E-state index in [1.807, 2.05) is 25.1 Å². The zero-order valence-electron chi connectivity index (χ0n) is 11.1. The number of hydrogen-bond acceptors (Lipinski definition) is 3. The van der Waals surface area contributed by atoms with Crippen LogP contribution in [0.25, 0.3) is 0 Å². The predicted octanol–water partition coefficient (Wildman–Crippen LogP) is 2.45. The topological polar surface area (TPSA) is 69.6 Å². The molecule has 0 spiro atoms. The van der Waals surface area contributed by atoms with Gasteiger partial charge in [-0.3, -0.25) is 14.5 Å². The second kappa shape index (κ2) is 9.95. The van der Waals surface area contributed by atoms with Crippen molar-refractivity contribution in [1.29, 1.82) is 0 Å². The van der Waals surface area contributed by atoms with Crippen molar-refractivity contribution >= 4 is 52.6 Å². The maximum Gasteiger partial charge on any atom is 0.317 e. The largest absolute Gasteiger partial charge is 0.480 e. The summed E-state index contributed by atoms with van der Waals surface area (Å²) >= 11 is 2.17. The molecular weight excluding hydrogens is 395 g/mol. The van der Waals surface area contributed by atoms with Crippen LogP contribution in [0.2, 0.25) is 0 Å². The number of carboxylic acid groups (broad SMARTS) is 1. The fraction of sp³-hybridized carbons (Fsp3) is 0.385. The standard InChI is InChI=1S/C13H17IN2O3.ClH/c1-2-6-16(9-13(18)19)8-12(17)15-11-5-3-4-10(14)7-11;/h3-5,7H,2,6,8-9H2,1H3,(H,15,17)(H,18,19);1H. The van der Waals surface area contributed by atoms with Crippen molar-refractivity contribution in [3.8, 4) is 0 Å². The molecule has 0 saturated heterocycles. The highest BCUT2D eigenvalue weighted by Gasteiger charge is 2.13. The minimum absolute atomic E-state index is 0. The summed E-state index contributed by atoms with van der Waals surface area (Å²) in [4.78, 5) is 24.2. The molecule has 20 heavy (non-hydrogen) atoms. The molecule has 0 aliphatic heterocycles. The van der Waals surface area contributed by atoms with Crippen LogP contribution < -0.4 is 5.32 Å². The van der Waals surface area contributed by atoms with Crippen LogP contribution in [0.4, 0.5) is 5.69 Å². The van der Waals surface area contributed by atoms with Crippen LogP contribution in [0, 0.1) is 3.57 Å². The SMILES string of the molecule is CCCN(CC(=O)O)CC(=O)Nc1cccc(I)c1.Cl. The minimum atomic E-state index is -0.921. The van der Waals surface area contributed by atoms with E-state index in [0.717, 1.165) is 15.7 Å². The van der Waals surface area contributed by atoms with Gasteiger partial charge in [0.05, 0.1) is 13.1 Å². The summed E-state index contributed by atoms with van der Waals surface area (Å²) < 4.78 is 1.03. The van der Waals surface area contributed by atoms with Gasteiger partial charge in [0.1, 0.15) is 0 Å². The molecule has 1 aromatic carbocycles. The summed E-state index contributed by atoms with van der Waals surface area (Å²) in [6, 6.07) is 7.46. The van der Waals surface area contributed by atoms with Gasteiger partial charge in [0.2, 0.25) is 5.91 Å². The molecule has 2 N–H and O–H groups in total. The molecule has 0 heterocycles. The molecule has 0 unspecified atom stereocenters. The van der Waals surface area contributed by atoms with Gasteiger partial charge in [0.15, 0.2) is 0 Å². The number of amides is 1. The summed E-state index contributed by atoms with van der Waals surface area (Å²) in [7, 11) is 0. The van der Waals surface area contributed by atoms with E-state index in [1.54, 1.807) is 11.0 Å². The Morgan fingerprint density at radius 1 is 1.35 bits per heavy atom. The molecule has 0 atom stereocenters. The van der Waals surface area contributed by atoms with E-state index < -0.39 is 5.97 Å². The maximum absolute atomic E-state index is 11.8. The zero-order chi connectivity index (χ0) is 14.3. The van der Waals surface area contributed by atoms with Gasteiger partial charge < -0.3 is 10.4 Å². The van der Waals surface area contributed by atoms with Gasteiger partial charge in [0, 0.05) is 9.26 Å². The van der Waals surface area contributed by atoms with E-state index in [-0.39, 0.29) is 31.4 Å². The Morgan fingerprint density at radius 2 is 2.05 bits per heavy atom. The highest BCUT2D eigenvalue weighted by atomic mass is 127. The molecule has 0 saturated carbocycles. The second-order valence-corrected chi connectivity index (χ2v) is 5.41. The van der Waals surface area contributed by atoms with Crippen molar-refractivity contribution in [2.75, 3.05) is 25.0 Å². The van der Waals surface area contributed by atoms with Crippen molar-refractivity contribution in [3.05, 3.63) is 27.8 Å². The molecule has 5 nitrogen and oxygen atoms in total. The summed E-state index contributed by atoms with van der Waals surface area (Å²) in [6.07, 6.45) is 0.809. The number of carbonyl (C=O) groups excluding carboxylic acids is 1. The van der Waals surface area contributed by atoms with Crippen molar-refractivity contribution in [2.45, 2.75) is 13.3 Å². The monoisotopic (exact) mass is 412 g/mol. The van der Waals surface area contributed by atoms with Gasteiger partial charge in [-0.2, -0.15) is 0 Å². The van der Waals surface area contributed by atoms with E-state index in [9.17, 15) is 9.59 Å². The number of hydrogen-bond donors (Lipinski definition) is 2. The number of nitrogens with one attached hydrogen (secondary N) is 1. The lowest BCUT2D eigenvalue weighted by molar-refractivity contribution is -0.138. The zero-order valence-corrected chi connectivity index (χ0v) is 14.1. The summed E-state index contributed by atoms with van der Waals surface area (Å²) in [5.74, 6) is -1.12. The van der Waals surface area contributed by atoms with Gasteiger partial charge in [0.25, 0.3) is 0 Å². The molecule has 0 fully saturated rings. The number of anilines is 1. The Hall–Kier alpha value is -0.860. The summed E-state index contributed by atoms with van der Waals surface area (Å²) in [5.41, 5.74) is 0.726. The van der Waals surface area contributed by atoms with E-state index in [2.05, 4.69) is 27.9 Å². The molecule has 7 heteroatoms. The molecule has 1 amide bonds. The van der Waals surface area contributed by atoms with Crippen molar-refractivity contribution < 1.29 is 14.7 Å². The number of carbonyl (C=O) groups is 2. The smallest absolute Gasteiger partial charge is 0.317 e. The molecule has 0 radical (unpaired) electrons. The first-order valence-electron chi connectivity index (χ1n) is 6.01. The second-order valence-electron chi connectivity index (χ2n) is 4.16. The van der Waals surface area contributed by atoms with Gasteiger partial charge in [-0.1, -0.05) is 13.0 Å². The Kier molecular flexibility index (Phi) is 9.52. The predicted molar refractivity (Wildman–Crippen MR) is 89.4 cm³/mol. The molecule has 0 aliphatic rings. The van der Waals surface area contributed by atoms with Crippen LogP contribution in [-0.4, -0.2) is 41.5 Å². The first kappa shape index (κ1) is 19.1. The van der Waals surface area contributed by atoms with Crippen molar-refractivity contribution in [1.82, 2.24) is 4.90 Å². The van der Waals surface area contributed by atoms with E-state index in [0.29, 0.717) is 6.54 Å². The number of benzene rings is 1. The normalized spacial score (nSPS) is 9.95. The van der Waals surface area contributed by atoms with Crippen LogP contribution in [0.5, 0.6) is 0 Å². The Bertz CT molecular complexity index is 457. The molecule has 0 bridgehead atoms. The number of aliphatic carboxylic acids is 1. The number of rotatable bonds is 7. The minimum Gasteiger partial charge on any atom is -0.480 e. The molecule has 1 rings (SSSR count). The number of carboxylic acids is 1. The first-order valence-corrected chi connectivity index (χ1v) is 7.08. The molecular formula is C13H18ClIN2O3. The average Bonchev–Trinajstić information content (AvgIpc) is 2.27. The quantitative estimate of drug-likeness (QED) is 0.675. The van der Waals surface area contributed by atoms with Crippen molar-refractivity contribution in [3.63, 3.8) is 0 Å². The molecule has 1 aromatic rings. The lowest BCUT2D eigenvalue weighted by Gasteiger charge is -2.18. The third kappa shape index (κ3) is 7.66. The summed E-state index contributed by atoms with van der Waals surface area (Å²) in [6.45, 7) is 2.51. The first-order chi connectivity index (χ1) is 9.01. The van der Waals surface area contributed by atoms with Crippen LogP contribution in [0.15, 0.2) is 24.3 Å². The number of nitrogens with zero attached hydrogens (tertiary/aromatic N) is 1. The van der Waals surface area contributed by atoms with Crippen LogP contribution in [-0.2, 0) is 9.59 Å². The van der Waals surface area contributed by atoms with E-state index in [4.69, 9.17) is 5.11 Å². The Balaban J connectivity index is 0.00000361. The highest BCUT2D eigenvalue weighted by molar-refractivity contribution is 14.1. The van der Waals surface area contributed by atoms with Gasteiger partial charge >= 0.3 is 5.97 Å². The lowest BCUT2D eigenvalue weighted by Crippen LogP contribution is -2.37. The van der Waals surface area contributed by atoms with Gasteiger partial charge in [-0.05, 0) is 53.8 Å². The molecule has 0 aromatic heterocycles. The van der Waals surface area contributed by atoms with Crippen LogP contribution >= 0.6 is 35.0 Å². The van der Waals surface area contributed by atoms with Gasteiger partial charge in [-0.25, -0.2) is 0 Å². The van der Waals surface area contributed by atoms with Crippen molar-refractivity contribution in [2.24, 2.45) is 0 Å². The lowest BCUT2D eigenvalue weighted by atomic mass is 10.3. The van der Waals surface area contributed by atoms with E-state index in [1.165, 1.54) is 0 Å². The maximum atomic E-state index is 11.8. The third-order valence-corrected chi connectivity index (χ3v) is 3.05. The fourth-order valence-corrected chi connectivity index (χ4v) is 2.23. The molecule has 0 aliphatic carbocycles.